The fourth-order valence-electron chi connectivity index (χ4n) is 2.98. The molecule has 1 aromatic heterocycles. The molecule has 1 amide bonds. The number of aromatic nitrogens is 2. The van der Waals surface area contributed by atoms with Crippen LogP contribution in [0.4, 0.5) is 8.78 Å². The van der Waals surface area contributed by atoms with Gasteiger partial charge >= 0.3 is 0 Å². The Morgan fingerprint density at radius 1 is 1.11 bits per heavy atom. The number of benzene rings is 2. The van der Waals surface area contributed by atoms with Crippen molar-refractivity contribution >= 4 is 5.91 Å². The number of rotatable bonds is 4. The fourth-order valence-corrected chi connectivity index (χ4v) is 2.98. The number of hydrogen-bond donors (Lipinski definition) is 0. The summed E-state index contributed by atoms with van der Waals surface area (Å²) in [6.07, 6.45) is 3.04. The van der Waals surface area contributed by atoms with Crippen molar-refractivity contribution in [3.63, 3.8) is 0 Å². The molecule has 7 heteroatoms. The van der Waals surface area contributed by atoms with Crippen molar-refractivity contribution in [1.82, 2.24) is 14.9 Å². The van der Waals surface area contributed by atoms with Crippen molar-refractivity contribution in [2.45, 2.75) is 19.7 Å². The number of carbonyl (C=O) groups is 1. The molecule has 2 aromatic carbocycles. The highest BCUT2D eigenvalue weighted by atomic mass is 19.1. The average molecular weight is 367 g/mol. The van der Waals surface area contributed by atoms with Crippen molar-refractivity contribution < 1.29 is 18.3 Å². The summed E-state index contributed by atoms with van der Waals surface area (Å²) in [6.45, 7) is 0.624. The van der Waals surface area contributed by atoms with Crippen molar-refractivity contribution in [2.24, 2.45) is 0 Å². The lowest BCUT2D eigenvalue weighted by molar-refractivity contribution is 0.0749. The van der Waals surface area contributed by atoms with Crippen LogP contribution in [0.25, 0.3) is 0 Å². The highest BCUT2D eigenvalue weighted by Crippen LogP contribution is 2.27. The van der Waals surface area contributed by atoms with Crippen LogP contribution >= 0.6 is 0 Å². The van der Waals surface area contributed by atoms with Gasteiger partial charge in [0.15, 0.2) is 17.4 Å². The van der Waals surface area contributed by atoms with Crippen LogP contribution in [0.3, 0.4) is 0 Å². The molecule has 1 aliphatic rings. The number of ether oxygens (including phenoxy) is 1. The van der Waals surface area contributed by atoms with Crippen molar-refractivity contribution in [3.05, 3.63) is 89.0 Å². The van der Waals surface area contributed by atoms with Crippen LogP contribution in [0, 0.1) is 11.6 Å². The van der Waals surface area contributed by atoms with Gasteiger partial charge in [0.2, 0.25) is 0 Å². The summed E-state index contributed by atoms with van der Waals surface area (Å²) in [7, 11) is 0. The van der Waals surface area contributed by atoms with Gasteiger partial charge in [-0.2, -0.15) is 0 Å². The van der Waals surface area contributed by atoms with Crippen molar-refractivity contribution in [3.8, 4) is 5.75 Å². The van der Waals surface area contributed by atoms with Gasteiger partial charge in [-0.1, -0.05) is 30.3 Å². The van der Waals surface area contributed by atoms with E-state index in [0.29, 0.717) is 6.54 Å². The molecule has 0 atom stereocenters. The molecule has 0 saturated heterocycles. The molecule has 0 N–H and O–H groups in total. The second-order valence-corrected chi connectivity index (χ2v) is 6.20. The third kappa shape index (κ3) is 3.48. The predicted molar refractivity (Wildman–Crippen MR) is 92.7 cm³/mol. The van der Waals surface area contributed by atoms with E-state index >= 15 is 0 Å². The Labute approximate surface area is 154 Å². The smallest absolute Gasteiger partial charge is 0.254 e. The molecule has 4 rings (SSSR count). The lowest BCUT2D eigenvalue weighted by Crippen LogP contribution is -2.25. The van der Waals surface area contributed by atoms with E-state index in [4.69, 9.17) is 4.74 Å². The summed E-state index contributed by atoms with van der Waals surface area (Å²) in [4.78, 5) is 22.1. The van der Waals surface area contributed by atoms with E-state index in [2.05, 4.69) is 9.97 Å². The minimum atomic E-state index is -0.911. The van der Waals surface area contributed by atoms with E-state index in [1.54, 1.807) is 18.3 Å². The highest BCUT2D eigenvalue weighted by molar-refractivity contribution is 5.94. The summed E-state index contributed by atoms with van der Waals surface area (Å²) in [5.41, 5.74) is 2.28. The topological polar surface area (TPSA) is 55.3 Å². The van der Waals surface area contributed by atoms with E-state index in [9.17, 15) is 13.6 Å². The number of carbonyl (C=O) groups excluding carboxylic acids is 1. The number of amides is 1. The van der Waals surface area contributed by atoms with Gasteiger partial charge in [0.05, 0.1) is 12.2 Å². The summed E-state index contributed by atoms with van der Waals surface area (Å²) < 4.78 is 34.0. The van der Waals surface area contributed by atoms with Crippen LogP contribution in [0.15, 0.2) is 55.0 Å². The molecule has 0 saturated carbocycles. The highest BCUT2D eigenvalue weighted by Gasteiger charge is 2.27. The molecule has 5 nitrogen and oxygen atoms in total. The van der Waals surface area contributed by atoms with Gasteiger partial charge in [-0.25, -0.2) is 18.7 Å². The molecule has 2 heterocycles. The summed E-state index contributed by atoms with van der Waals surface area (Å²) in [6, 6.07) is 11.1. The van der Waals surface area contributed by atoms with Crippen LogP contribution in [0.5, 0.6) is 5.75 Å². The van der Waals surface area contributed by atoms with Gasteiger partial charge in [-0.05, 0) is 17.7 Å². The fraction of sp³-hybridized carbons (Fsp3) is 0.150. The van der Waals surface area contributed by atoms with E-state index in [1.807, 2.05) is 18.2 Å². The lowest BCUT2D eigenvalue weighted by Gasteiger charge is -2.16. The quantitative estimate of drug-likeness (QED) is 0.708. The SMILES string of the molecule is O=C(c1cc(F)c(OCc2ccccc2)c(F)c1)N1Cc2cncnc2C1. The summed E-state index contributed by atoms with van der Waals surface area (Å²) in [5, 5.41) is 0. The molecule has 0 spiro atoms. The Hall–Kier alpha value is -3.35. The molecule has 0 fully saturated rings. The molecule has 0 aliphatic carbocycles. The largest absolute Gasteiger partial charge is 0.483 e. The summed E-state index contributed by atoms with van der Waals surface area (Å²) >= 11 is 0. The maximum absolute atomic E-state index is 14.4. The van der Waals surface area contributed by atoms with Gasteiger partial charge in [-0.15, -0.1) is 0 Å². The average Bonchev–Trinajstić information content (AvgIpc) is 3.11. The lowest BCUT2D eigenvalue weighted by atomic mass is 10.1. The zero-order chi connectivity index (χ0) is 18.8. The molecule has 1 aliphatic heterocycles. The minimum absolute atomic E-state index is 0.0298. The minimum Gasteiger partial charge on any atom is -0.483 e. The second kappa shape index (κ2) is 7.11. The molecule has 3 aromatic rings. The van der Waals surface area contributed by atoms with Crippen molar-refractivity contribution in [1.29, 1.82) is 0 Å². The van der Waals surface area contributed by atoms with Gasteiger partial charge in [0.25, 0.3) is 5.91 Å². The maximum atomic E-state index is 14.4. The van der Waals surface area contributed by atoms with Gasteiger partial charge < -0.3 is 9.64 Å². The van der Waals surface area contributed by atoms with Gasteiger partial charge in [0.1, 0.15) is 12.9 Å². The molecular weight excluding hydrogens is 352 g/mol. The first kappa shape index (κ1) is 17.1. The molecule has 136 valence electrons. The Kier molecular flexibility index (Phi) is 4.50. The number of halogens is 2. The van der Waals surface area contributed by atoms with Crippen LogP contribution in [-0.2, 0) is 19.7 Å². The van der Waals surface area contributed by atoms with Crippen LogP contribution in [-0.4, -0.2) is 20.8 Å². The van der Waals surface area contributed by atoms with Gasteiger partial charge in [0, 0.05) is 23.9 Å². The standard InChI is InChI=1S/C20H15F2N3O2/c21-16-6-14(20(26)25-9-15-8-23-12-24-18(15)10-25)7-17(22)19(16)27-11-13-4-2-1-3-5-13/h1-8,12H,9-11H2. The molecule has 0 radical (unpaired) electrons. The molecule has 0 bridgehead atoms. The van der Waals surface area contributed by atoms with Crippen LogP contribution in [0.1, 0.15) is 27.2 Å². The first-order chi connectivity index (χ1) is 13.1. The molecular formula is C20H15F2N3O2. The normalized spacial score (nSPS) is 12.7. The monoisotopic (exact) mass is 367 g/mol. The first-order valence-electron chi connectivity index (χ1n) is 8.34. The first-order valence-corrected chi connectivity index (χ1v) is 8.34. The third-order valence-electron chi connectivity index (χ3n) is 4.34. The van der Waals surface area contributed by atoms with Crippen LogP contribution < -0.4 is 4.74 Å². The predicted octanol–water partition coefficient (Wildman–Crippen LogP) is 3.49. The maximum Gasteiger partial charge on any atom is 0.254 e. The Balaban J connectivity index is 1.51. The number of fused-ring (bicyclic) bond motifs is 1. The van der Waals surface area contributed by atoms with E-state index in [0.717, 1.165) is 29.0 Å². The van der Waals surface area contributed by atoms with Crippen LogP contribution in [0.2, 0.25) is 0 Å². The Bertz CT molecular complexity index is 948. The van der Waals surface area contributed by atoms with Gasteiger partial charge in [-0.3, -0.25) is 4.79 Å². The Morgan fingerprint density at radius 2 is 1.85 bits per heavy atom. The molecule has 0 unspecified atom stereocenters. The zero-order valence-corrected chi connectivity index (χ0v) is 14.2. The second-order valence-electron chi connectivity index (χ2n) is 6.20. The number of hydrogen-bond acceptors (Lipinski definition) is 4. The number of nitrogens with zero attached hydrogens (tertiary/aromatic N) is 3. The Morgan fingerprint density at radius 3 is 2.56 bits per heavy atom. The van der Waals surface area contributed by atoms with Crippen molar-refractivity contribution in [2.75, 3.05) is 0 Å². The molecule has 27 heavy (non-hydrogen) atoms. The van der Waals surface area contributed by atoms with E-state index in [-0.39, 0.29) is 18.7 Å². The zero-order valence-electron chi connectivity index (χ0n) is 14.2. The van der Waals surface area contributed by atoms with E-state index in [1.165, 1.54) is 11.2 Å². The summed E-state index contributed by atoms with van der Waals surface area (Å²) in [5.74, 6) is -2.79. The third-order valence-corrected chi connectivity index (χ3v) is 4.34. The van der Waals surface area contributed by atoms with E-state index < -0.39 is 23.3 Å².